The predicted molar refractivity (Wildman–Crippen MR) is 124 cm³/mol. The normalized spacial score (nSPS) is 20.9. The van der Waals surface area contributed by atoms with Crippen LogP contribution in [0.3, 0.4) is 0 Å². The Morgan fingerprint density at radius 3 is 2.18 bits per heavy atom. The Hall–Kier alpha value is -2.71. The second-order valence-corrected chi connectivity index (χ2v) is 10.6. The third-order valence-corrected chi connectivity index (χ3v) is 8.62. The molecule has 1 aliphatic carbocycles. The molecular weight excluding hydrogens is 440 g/mol. The minimum atomic E-state index is -3.88. The van der Waals surface area contributed by atoms with Crippen LogP contribution in [0.4, 0.5) is 0 Å². The van der Waals surface area contributed by atoms with Gasteiger partial charge in [0.25, 0.3) is 0 Å². The minimum absolute atomic E-state index is 0.0387. The SMILES string of the molecule is CCN(Cc1ccccc1)S(=O)(=O)c1cc(CN2C(=O)C3CCCCC3C2=O)ccc1OC. The molecule has 2 unspecified atom stereocenters. The van der Waals surface area contributed by atoms with E-state index in [9.17, 15) is 18.0 Å². The molecule has 4 rings (SSSR count). The Morgan fingerprint density at radius 1 is 0.970 bits per heavy atom. The zero-order valence-corrected chi connectivity index (χ0v) is 19.9. The first kappa shape index (κ1) is 23.4. The molecule has 0 radical (unpaired) electrons. The van der Waals surface area contributed by atoms with E-state index in [1.807, 2.05) is 30.3 Å². The molecule has 2 aromatic carbocycles. The number of benzene rings is 2. The lowest BCUT2D eigenvalue weighted by atomic mass is 9.81. The van der Waals surface area contributed by atoms with Crippen molar-refractivity contribution in [3.63, 3.8) is 0 Å². The number of imide groups is 1. The van der Waals surface area contributed by atoms with E-state index >= 15 is 0 Å². The summed E-state index contributed by atoms with van der Waals surface area (Å²) in [6.45, 7) is 2.39. The van der Waals surface area contributed by atoms with Gasteiger partial charge in [0, 0.05) is 13.1 Å². The van der Waals surface area contributed by atoms with Crippen molar-refractivity contribution >= 4 is 21.8 Å². The van der Waals surface area contributed by atoms with Gasteiger partial charge in [-0.2, -0.15) is 4.31 Å². The van der Waals surface area contributed by atoms with Gasteiger partial charge in [-0.15, -0.1) is 0 Å². The molecule has 0 aromatic heterocycles. The quantitative estimate of drug-likeness (QED) is 0.551. The molecule has 0 spiro atoms. The minimum Gasteiger partial charge on any atom is -0.495 e. The average Bonchev–Trinajstić information content (AvgIpc) is 3.08. The number of fused-ring (bicyclic) bond motifs is 1. The molecule has 2 aliphatic rings. The number of sulfonamides is 1. The van der Waals surface area contributed by atoms with Gasteiger partial charge in [-0.1, -0.05) is 56.2 Å². The van der Waals surface area contributed by atoms with Crippen molar-refractivity contribution in [1.82, 2.24) is 9.21 Å². The summed E-state index contributed by atoms with van der Waals surface area (Å²) in [6.07, 6.45) is 3.43. The third-order valence-electron chi connectivity index (χ3n) is 6.67. The van der Waals surface area contributed by atoms with Crippen molar-refractivity contribution < 1.29 is 22.7 Å². The van der Waals surface area contributed by atoms with Gasteiger partial charge in [0.05, 0.1) is 25.5 Å². The van der Waals surface area contributed by atoms with Gasteiger partial charge < -0.3 is 4.74 Å². The number of carbonyl (C=O) groups excluding carboxylic acids is 2. The van der Waals surface area contributed by atoms with Gasteiger partial charge in [0.15, 0.2) is 0 Å². The largest absolute Gasteiger partial charge is 0.495 e. The first-order valence-corrected chi connectivity index (χ1v) is 12.9. The Balaban J connectivity index is 1.62. The van der Waals surface area contributed by atoms with Crippen molar-refractivity contribution in [3.05, 3.63) is 59.7 Å². The molecule has 2 fully saturated rings. The molecule has 1 saturated heterocycles. The highest BCUT2D eigenvalue weighted by Crippen LogP contribution is 2.39. The Morgan fingerprint density at radius 2 is 1.61 bits per heavy atom. The van der Waals surface area contributed by atoms with E-state index in [0.29, 0.717) is 5.56 Å². The highest BCUT2D eigenvalue weighted by atomic mass is 32.2. The van der Waals surface area contributed by atoms with Crippen molar-refractivity contribution in [1.29, 1.82) is 0 Å². The fraction of sp³-hybridized carbons (Fsp3) is 0.440. The van der Waals surface area contributed by atoms with E-state index in [0.717, 1.165) is 31.2 Å². The van der Waals surface area contributed by atoms with Crippen molar-refractivity contribution in [2.75, 3.05) is 13.7 Å². The number of likely N-dealkylation sites (tertiary alicyclic amines) is 1. The number of hydrogen-bond acceptors (Lipinski definition) is 5. The Kier molecular flexibility index (Phi) is 6.86. The first-order valence-electron chi connectivity index (χ1n) is 11.4. The standard InChI is InChI=1S/C25H30N2O5S/c1-3-26(16-18-9-5-4-6-10-18)33(30,31)23-15-19(13-14-22(23)32-2)17-27-24(28)20-11-7-8-12-21(20)25(27)29/h4-6,9-10,13-15,20-21H,3,7-8,11-12,16-17H2,1-2H3. The van der Waals surface area contributed by atoms with Crippen LogP contribution in [0.15, 0.2) is 53.4 Å². The van der Waals surface area contributed by atoms with Gasteiger partial charge in [-0.3, -0.25) is 14.5 Å². The van der Waals surface area contributed by atoms with Crippen LogP contribution in [-0.4, -0.2) is 43.1 Å². The van der Waals surface area contributed by atoms with E-state index in [-0.39, 0.29) is 53.9 Å². The molecule has 33 heavy (non-hydrogen) atoms. The van der Waals surface area contributed by atoms with Crippen LogP contribution in [0, 0.1) is 11.8 Å². The molecule has 0 bridgehead atoms. The summed E-state index contributed by atoms with van der Waals surface area (Å²) in [5, 5.41) is 0. The molecule has 1 aliphatic heterocycles. The summed E-state index contributed by atoms with van der Waals surface area (Å²) in [5.41, 5.74) is 1.47. The van der Waals surface area contributed by atoms with Gasteiger partial charge in [-0.25, -0.2) is 8.42 Å². The monoisotopic (exact) mass is 470 g/mol. The second-order valence-electron chi connectivity index (χ2n) is 8.66. The number of methoxy groups -OCH3 is 1. The van der Waals surface area contributed by atoms with Gasteiger partial charge in [0.2, 0.25) is 21.8 Å². The van der Waals surface area contributed by atoms with Gasteiger partial charge >= 0.3 is 0 Å². The first-order chi connectivity index (χ1) is 15.9. The highest BCUT2D eigenvalue weighted by molar-refractivity contribution is 7.89. The van der Waals surface area contributed by atoms with Crippen LogP contribution < -0.4 is 4.74 Å². The zero-order chi connectivity index (χ0) is 23.6. The van der Waals surface area contributed by atoms with Crippen LogP contribution in [0.25, 0.3) is 0 Å². The van der Waals surface area contributed by atoms with Gasteiger partial charge in [0.1, 0.15) is 10.6 Å². The van der Waals surface area contributed by atoms with Crippen LogP contribution >= 0.6 is 0 Å². The molecule has 176 valence electrons. The molecule has 8 heteroatoms. The number of hydrogen-bond donors (Lipinski definition) is 0. The molecule has 2 amide bonds. The van der Waals surface area contributed by atoms with E-state index < -0.39 is 10.0 Å². The Labute approximate surface area is 195 Å². The smallest absolute Gasteiger partial charge is 0.247 e. The van der Waals surface area contributed by atoms with Crippen LogP contribution in [0.5, 0.6) is 5.75 Å². The molecule has 7 nitrogen and oxygen atoms in total. The summed E-state index contributed by atoms with van der Waals surface area (Å²) in [6, 6.07) is 14.2. The topological polar surface area (TPSA) is 84.0 Å². The molecule has 2 atom stereocenters. The fourth-order valence-corrected chi connectivity index (χ4v) is 6.53. The van der Waals surface area contributed by atoms with E-state index in [1.54, 1.807) is 19.1 Å². The van der Waals surface area contributed by atoms with Crippen LogP contribution in [0.2, 0.25) is 0 Å². The van der Waals surface area contributed by atoms with Crippen LogP contribution in [-0.2, 0) is 32.7 Å². The van der Waals surface area contributed by atoms with Crippen molar-refractivity contribution in [2.45, 2.75) is 50.6 Å². The maximum absolute atomic E-state index is 13.6. The number of nitrogens with zero attached hydrogens (tertiary/aromatic N) is 2. The summed E-state index contributed by atoms with van der Waals surface area (Å²) in [7, 11) is -2.45. The van der Waals surface area contributed by atoms with E-state index in [4.69, 9.17) is 4.74 Å². The number of rotatable bonds is 8. The molecule has 1 saturated carbocycles. The summed E-state index contributed by atoms with van der Waals surface area (Å²) in [5.74, 6) is -0.491. The number of ether oxygens (including phenoxy) is 1. The molecular formula is C25H30N2O5S. The lowest BCUT2D eigenvalue weighted by molar-refractivity contribution is -0.140. The summed E-state index contributed by atoms with van der Waals surface area (Å²) in [4.78, 5) is 27.1. The number of carbonyl (C=O) groups is 2. The summed E-state index contributed by atoms with van der Waals surface area (Å²) < 4.78 is 33.9. The van der Waals surface area contributed by atoms with Crippen molar-refractivity contribution in [2.24, 2.45) is 11.8 Å². The lowest BCUT2D eigenvalue weighted by Gasteiger charge is -2.23. The Bertz CT molecular complexity index is 1110. The second kappa shape index (κ2) is 9.65. The summed E-state index contributed by atoms with van der Waals surface area (Å²) >= 11 is 0. The third kappa shape index (κ3) is 4.54. The maximum atomic E-state index is 13.6. The fourth-order valence-electron chi connectivity index (χ4n) is 4.88. The number of amides is 2. The van der Waals surface area contributed by atoms with Gasteiger partial charge in [-0.05, 0) is 36.1 Å². The molecule has 1 heterocycles. The van der Waals surface area contributed by atoms with E-state index in [2.05, 4.69) is 0 Å². The molecule has 2 aromatic rings. The zero-order valence-electron chi connectivity index (χ0n) is 19.1. The average molecular weight is 471 g/mol. The lowest BCUT2D eigenvalue weighted by Crippen LogP contribution is -2.32. The van der Waals surface area contributed by atoms with Crippen molar-refractivity contribution in [3.8, 4) is 5.75 Å². The van der Waals surface area contributed by atoms with Crippen LogP contribution in [0.1, 0.15) is 43.7 Å². The maximum Gasteiger partial charge on any atom is 0.247 e. The molecule has 0 N–H and O–H groups in total. The highest BCUT2D eigenvalue weighted by Gasteiger charge is 2.48. The predicted octanol–water partition coefficient (Wildman–Crippen LogP) is 3.58. The van der Waals surface area contributed by atoms with E-state index in [1.165, 1.54) is 22.4 Å².